The Morgan fingerprint density at radius 2 is 2.09 bits per heavy atom. The van der Waals surface area contributed by atoms with Gasteiger partial charge in [0.25, 0.3) is 0 Å². The van der Waals surface area contributed by atoms with Crippen molar-refractivity contribution in [3.63, 3.8) is 0 Å². The molecule has 0 amide bonds. The lowest BCUT2D eigenvalue weighted by Crippen LogP contribution is -2.20. The number of hydrogen-bond acceptors (Lipinski definition) is 5. The van der Waals surface area contributed by atoms with E-state index in [1.165, 1.54) is 0 Å². The van der Waals surface area contributed by atoms with E-state index in [0.29, 0.717) is 39.3 Å². The van der Waals surface area contributed by atoms with Crippen LogP contribution in [0.3, 0.4) is 0 Å². The van der Waals surface area contributed by atoms with Crippen molar-refractivity contribution in [3.8, 4) is 17.3 Å². The molecule has 2 rings (SSSR count). The summed E-state index contributed by atoms with van der Waals surface area (Å²) in [6.07, 6.45) is 2.43. The van der Waals surface area contributed by atoms with Crippen LogP contribution < -0.4 is 5.32 Å². The molecule has 0 spiro atoms. The first kappa shape index (κ1) is 17.2. The van der Waals surface area contributed by atoms with E-state index in [2.05, 4.69) is 16.5 Å². The zero-order chi connectivity index (χ0) is 16.3. The van der Waals surface area contributed by atoms with E-state index in [9.17, 15) is 0 Å². The lowest BCUT2D eigenvalue weighted by molar-refractivity contribution is 0.0938. The molecule has 0 bridgehead atoms. The standard InChI is InChI=1S/C17H22N4O2/c18-7-4-9-21-14-16(13-19-8-11-23-12-10-22)17(20-21)15-5-2-1-3-6-15/h1-3,5-6,14,19,22H,4,8-13H2. The zero-order valence-corrected chi connectivity index (χ0v) is 13.1. The fraction of sp³-hybridized carbons (Fsp3) is 0.412. The minimum Gasteiger partial charge on any atom is -0.394 e. The number of nitrogens with one attached hydrogen (secondary N) is 1. The topological polar surface area (TPSA) is 83.1 Å². The maximum atomic E-state index is 8.73. The van der Waals surface area contributed by atoms with E-state index in [0.717, 1.165) is 16.8 Å². The van der Waals surface area contributed by atoms with Crippen LogP contribution in [0, 0.1) is 11.3 Å². The summed E-state index contributed by atoms with van der Waals surface area (Å²) < 4.78 is 7.05. The zero-order valence-electron chi connectivity index (χ0n) is 13.1. The fourth-order valence-corrected chi connectivity index (χ4v) is 2.24. The number of aryl methyl sites for hydroxylation is 1. The minimum absolute atomic E-state index is 0.0455. The molecule has 0 aliphatic heterocycles. The molecule has 23 heavy (non-hydrogen) atoms. The largest absolute Gasteiger partial charge is 0.394 e. The third-order valence-electron chi connectivity index (χ3n) is 3.31. The van der Waals surface area contributed by atoms with Gasteiger partial charge in [-0.1, -0.05) is 30.3 Å². The molecule has 0 atom stereocenters. The second kappa shape index (κ2) is 9.74. The summed E-state index contributed by atoms with van der Waals surface area (Å²) in [5, 5.41) is 25.3. The molecule has 6 nitrogen and oxygen atoms in total. The number of ether oxygens (including phenoxy) is 1. The Labute approximate surface area is 136 Å². The molecule has 0 aliphatic rings. The lowest BCUT2D eigenvalue weighted by atomic mass is 10.1. The van der Waals surface area contributed by atoms with Crippen molar-refractivity contribution < 1.29 is 9.84 Å². The van der Waals surface area contributed by atoms with Crippen LogP contribution in [0.4, 0.5) is 0 Å². The third kappa shape index (κ3) is 5.49. The van der Waals surface area contributed by atoms with Crippen LogP contribution in [0.1, 0.15) is 12.0 Å². The molecule has 6 heteroatoms. The monoisotopic (exact) mass is 314 g/mol. The molecular weight excluding hydrogens is 292 g/mol. The first-order valence-electron chi connectivity index (χ1n) is 7.73. The normalized spacial score (nSPS) is 10.6. The van der Waals surface area contributed by atoms with E-state index in [1.807, 2.05) is 41.2 Å². The van der Waals surface area contributed by atoms with Gasteiger partial charge in [-0.2, -0.15) is 10.4 Å². The average Bonchev–Trinajstić information content (AvgIpc) is 3.00. The molecule has 1 aromatic heterocycles. The summed E-state index contributed by atoms with van der Waals surface area (Å²) in [4.78, 5) is 0. The lowest BCUT2D eigenvalue weighted by Gasteiger charge is -2.05. The first-order valence-corrected chi connectivity index (χ1v) is 7.73. The van der Waals surface area contributed by atoms with Crippen molar-refractivity contribution in [1.29, 1.82) is 5.26 Å². The van der Waals surface area contributed by atoms with Gasteiger partial charge in [-0.25, -0.2) is 0 Å². The molecule has 2 N–H and O–H groups in total. The van der Waals surface area contributed by atoms with Crippen LogP contribution in [0.5, 0.6) is 0 Å². The molecular formula is C17H22N4O2. The molecule has 0 aliphatic carbocycles. The smallest absolute Gasteiger partial charge is 0.0968 e. The van der Waals surface area contributed by atoms with Crippen molar-refractivity contribution in [3.05, 3.63) is 42.1 Å². The molecule has 2 aromatic rings. The number of rotatable bonds is 10. The molecule has 0 unspecified atom stereocenters. The van der Waals surface area contributed by atoms with Gasteiger partial charge in [0, 0.05) is 30.4 Å². The highest BCUT2D eigenvalue weighted by Crippen LogP contribution is 2.21. The van der Waals surface area contributed by atoms with Gasteiger partial charge in [-0.3, -0.25) is 4.68 Å². The number of nitrogens with zero attached hydrogens (tertiary/aromatic N) is 3. The van der Waals surface area contributed by atoms with Crippen molar-refractivity contribution >= 4 is 0 Å². The molecule has 1 heterocycles. The highest BCUT2D eigenvalue weighted by Gasteiger charge is 2.10. The third-order valence-corrected chi connectivity index (χ3v) is 3.31. The van der Waals surface area contributed by atoms with Crippen LogP contribution in [-0.4, -0.2) is 41.3 Å². The SMILES string of the molecule is N#CCCn1cc(CNCCOCCO)c(-c2ccccc2)n1. The Bertz CT molecular complexity index is 619. The number of aliphatic hydroxyl groups is 1. The number of benzene rings is 1. The van der Waals surface area contributed by atoms with Crippen molar-refractivity contribution in [2.45, 2.75) is 19.5 Å². The molecule has 122 valence electrons. The summed E-state index contributed by atoms with van der Waals surface area (Å²) in [7, 11) is 0. The van der Waals surface area contributed by atoms with Gasteiger partial charge in [0.05, 0.1) is 44.5 Å². The highest BCUT2D eigenvalue weighted by molar-refractivity contribution is 5.62. The van der Waals surface area contributed by atoms with Crippen molar-refractivity contribution in [2.75, 3.05) is 26.4 Å². The molecule has 0 radical (unpaired) electrons. The highest BCUT2D eigenvalue weighted by atomic mass is 16.5. The second-order valence-electron chi connectivity index (χ2n) is 5.05. The summed E-state index contributed by atoms with van der Waals surface area (Å²) in [6, 6.07) is 12.2. The fourth-order valence-electron chi connectivity index (χ4n) is 2.24. The summed E-state index contributed by atoms with van der Waals surface area (Å²) >= 11 is 0. The van der Waals surface area contributed by atoms with E-state index in [-0.39, 0.29) is 6.61 Å². The Morgan fingerprint density at radius 3 is 2.83 bits per heavy atom. The van der Waals surface area contributed by atoms with E-state index >= 15 is 0 Å². The van der Waals surface area contributed by atoms with Gasteiger partial charge in [-0.05, 0) is 0 Å². The maximum Gasteiger partial charge on any atom is 0.0968 e. The average molecular weight is 314 g/mol. The van der Waals surface area contributed by atoms with Crippen molar-refractivity contribution in [2.24, 2.45) is 0 Å². The Hall–Kier alpha value is -2.20. The molecule has 0 saturated heterocycles. The second-order valence-corrected chi connectivity index (χ2v) is 5.05. The van der Waals surface area contributed by atoms with Gasteiger partial charge in [0.15, 0.2) is 0 Å². The predicted octanol–water partition coefficient (Wildman–Crippen LogP) is 1.56. The van der Waals surface area contributed by atoms with Crippen molar-refractivity contribution in [1.82, 2.24) is 15.1 Å². The van der Waals surface area contributed by atoms with Gasteiger partial charge in [0.2, 0.25) is 0 Å². The van der Waals surface area contributed by atoms with Crippen LogP contribution in [0.15, 0.2) is 36.5 Å². The predicted molar refractivity (Wildman–Crippen MR) is 87.5 cm³/mol. The Kier molecular flexibility index (Phi) is 7.27. The molecule has 1 aromatic carbocycles. The van der Waals surface area contributed by atoms with Gasteiger partial charge in [-0.15, -0.1) is 0 Å². The van der Waals surface area contributed by atoms with E-state index < -0.39 is 0 Å². The van der Waals surface area contributed by atoms with Gasteiger partial charge < -0.3 is 15.2 Å². The maximum absolute atomic E-state index is 8.73. The van der Waals surface area contributed by atoms with Crippen LogP contribution in [0.25, 0.3) is 11.3 Å². The number of hydrogen-bond donors (Lipinski definition) is 2. The summed E-state index contributed by atoms with van der Waals surface area (Å²) in [5.74, 6) is 0. The van der Waals surface area contributed by atoms with Gasteiger partial charge >= 0.3 is 0 Å². The van der Waals surface area contributed by atoms with E-state index in [1.54, 1.807) is 0 Å². The first-order chi connectivity index (χ1) is 11.3. The molecule has 0 saturated carbocycles. The summed E-state index contributed by atoms with van der Waals surface area (Å²) in [6.45, 7) is 2.95. The number of aromatic nitrogens is 2. The number of nitriles is 1. The van der Waals surface area contributed by atoms with Crippen LogP contribution in [-0.2, 0) is 17.8 Å². The summed E-state index contributed by atoms with van der Waals surface area (Å²) in [5.41, 5.74) is 3.10. The number of aliphatic hydroxyl groups excluding tert-OH is 1. The Balaban J connectivity index is 2.01. The van der Waals surface area contributed by atoms with Crippen LogP contribution in [0.2, 0.25) is 0 Å². The molecule has 0 fully saturated rings. The Morgan fingerprint density at radius 1 is 1.26 bits per heavy atom. The van der Waals surface area contributed by atoms with Gasteiger partial charge in [0.1, 0.15) is 0 Å². The van der Waals surface area contributed by atoms with E-state index in [4.69, 9.17) is 15.1 Å². The quantitative estimate of drug-likeness (QED) is 0.650. The van der Waals surface area contributed by atoms with Crippen LogP contribution >= 0.6 is 0 Å². The minimum atomic E-state index is 0.0455.